The minimum Gasteiger partial charge on any atom is -0.379 e. The molecular formula is C5H8N2O6. The van der Waals surface area contributed by atoms with Crippen molar-refractivity contribution in [2.75, 3.05) is 0 Å². The lowest BCUT2D eigenvalue weighted by Crippen LogP contribution is -2.40. The molecule has 1 N–H and O–H groups in total. The fourth-order valence-corrected chi connectivity index (χ4v) is 0.746. The van der Waals surface area contributed by atoms with E-state index >= 15 is 0 Å². The highest BCUT2D eigenvalue weighted by Gasteiger charge is 2.40. The fourth-order valence-electron chi connectivity index (χ4n) is 0.746. The largest absolute Gasteiger partial charge is 0.475 e. The molecule has 0 bridgehead atoms. The molecule has 0 aromatic carbocycles. The summed E-state index contributed by atoms with van der Waals surface area (Å²) >= 11 is 0. The highest BCUT2D eigenvalue weighted by Crippen LogP contribution is 2.05. The predicted octanol–water partition coefficient (Wildman–Crippen LogP) is -0.794. The molecule has 74 valence electrons. The molecule has 0 aliphatic carbocycles. The molecule has 0 spiro atoms. The van der Waals surface area contributed by atoms with Gasteiger partial charge in [-0.3, -0.25) is 20.2 Å². The molecule has 1 unspecified atom stereocenters. The molecule has 13 heavy (non-hydrogen) atoms. The Bertz CT molecular complexity index is 203. The summed E-state index contributed by atoms with van der Waals surface area (Å²) in [5.41, 5.74) is 0. The Balaban J connectivity index is 4.28. The summed E-state index contributed by atoms with van der Waals surface area (Å²) in [5.74, 6) is 0. The van der Waals surface area contributed by atoms with Gasteiger partial charge in [0.15, 0.2) is 6.10 Å². The van der Waals surface area contributed by atoms with Gasteiger partial charge in [0.2, 0.25) is 0 Å². The van der Waals surface area contributed by atoms with Crippen LogP contribution in [-0.4, -0.2) is 33.5 Å². The molecule has 0 aliphatic rings. The Morgan fingerprint density at radius 1 is 1.31 bits per heavy atom. The van der Waals surface area contributed by atoms with Crippen LogP contribution in [0, 0.1) is 20.2 Å². The lowest BCUT2D eigenvalue weighted by molar-refractivity contribution is -0.751. The maximum atomic E-state index is 10.1. The topological polar surface area (TPSA) is 124 Å². The predicted molar refractivity (Wildman–Crippen MR) is 39.1 cm³/mol. The summed E-state index contributed by atoms with van der Waals surface area (Å²) in [5, 5.41) is 29.1. The standard InChI is InChI=1S/C5H8N2O6/c8-3-1-2-4(9)5(6(10)11)7(12)13/h3-5,9H,1-2H2. The molecular weight excluding hydrogens is 184 g/mol. The number of nitro groups is 2. The van der Waals surface area contributed by atoms with Gasteiger partial charge in [-0.25, -0.2) is 0 Å². The molecule has 0 radical (unpaired) electrons. The average Bonchev–Trinajstić information content (AvgIpc) is 1.99. The molecule has 0 saturated carbocycles. The molecule has 1 atom stereocenters. The maximum Gasteiger partial charge on any atom is 0.475 e. The van der Waals surface area contributed by atoms with E-state index in [1.807, 2.05) is 0 Å². The van der Waals surface area contributed by atoms with Crippen molar-refractivity contribution in [2.45, 2.75) is 25.1 Å². The van der Waals surface area contributed by atoms with Crippen LogP contribution < -0.4 is 0 Å². The molecule has 0 rings (SSSR count). The van der Waals surface area contributed by atoms with Crippen LogP contribution in [0.25, 0.3) is 0 Å². The summed E-state index contributed by atoms with van der Waals surface area (Å²) < 4.78 is 0. The molecule has 0 amide bonds. The Labute approximate surface area is 72.5 Å². The second-order valence-corrected chi connectivity index (χ2v) is 2.30. The maximum absolute atomic E-state index is 10.1. The second kappa shape index (κ2) is 5.14. The van der Waals surface area contributed by atoms with E-state index in [-0.39, 0.29) is 12.8 Å². The smallest absolute Gasteiger partial charge is 0.379 e. The first-order valence-corrected chi connectivity index (χ1v) is 3.39. The van der Waals surface area contributed by atoms with Crippen LogP contribution in [0.1, 0.15) is 12.8 Å². The lowest BCUT2D eigenvalue weighted by Gasteiger charge is -2.06. The van der Waals surface area contributed by atoms with E-state index in [9.17, 15) is 25.0 Å². The van der Waals surface area contributed by atoms with E-state index in [4.69, 9.17) is 5.11 Å². The second-order valence-electron chi connectivity index (χ2n) is 2.30. The minimum absolute atomic E-state index is 0.140. The zero-order valence-electron chi connectivity index (χ0n) is 6.53. The number of carbonyl (C=O) groups is 1. The molecule has 8 nitrogen and oxygen atoms in total. The van der Waals surface area contributed by atoms with Crippen molar-refractivity contribution in [3.8, 4) is 0 Å². The zero-order chi connectivity index (χ0) is 10.4. The molecule has 0 aromatic heterocycles. The van der Waals surface area contributed by atoms with Crippen LogP contribution in [-0.2, 0) is 4.79 Å². The number of aliphatic hydroxyl groups is 1. The first-order valence-electron chi connectivity index (χ1n) is 3.39. The summed E-state index contributed by atoms with van der Waals surface area (Å²) in [6.07, 6.45) is -3.97. The average molecular weight is 192 g/mol. The zero-order valence-corrected chi connectivity index (χ0v) is 6.53. The third-order valence-corrected chi connectivity index (χ3v) is 1.36. The quantitative estimate of drug-likeness (QED) is 0.254. The van der Waals surface area contributed by atoms with Gasteiger partial charge in [-0.15, -0.1) is 0 Å². The van der Waals surface area contributed by atoms with E-state index in [0.717, 1.165) is 0 Å². The number of nitrogens with zero attached hydrogens (tertiary/aromatic N) is 2. The Morgan fingerprint density at radius 2 is 1.77 bits per heavy atom. The Hall–Kier alpha value is -1.57. The molecule has 0 aliphatic heterocycles. The monoisotopic (exact) mass is 192 g/mol. The van der Waals surface area contributed by atoms with Gasteiger partial charge in [0.25, 0.3) is 0 Å². The molecule has 0 saturated heterocycles. The number of carbonyl (C=O) groups excluding carboxylic acids is 1. The van der Waals surface area contributed by atoms with E-state index < -0.39 is 22.1 Å². The molecule has 8 heteroatoms. The van der Waals surface area contributed by atoms with Crippen LogP contribution >= 0.6 is 0 Å². The van der Waals surface area contributed by atoms with Crippen LogP contribution in [0.15, 0.2) is 0 Å². The van der Waals surface area contributed by atoms with Crippen molar-refractivity contribution in [2.24, 2.45) is 0 Å². The number of hydrogen-bond donors (Lipinski definition) is 1. The molecule has 0 fully saturated rings. The van der Waals surface area contributed by atoms with Gasteiger partial charge >= 0.3 is 6.17 Å². The first-order chi connectivity index (χ1) is 6.00. The first kappa shape index (κ1) is 11.4. The Kier molecular flexibility index (Phi) is 4.52. The van der Waals surface area contributed by atoms with Gasteiger partial charge in [-0.05, 0) is 6.42 Å². The summed E-state index contributed by atoms with van der Waals surface area (Å²) in [7, 11) is 0. The molecule has 0 aromatic rings. The van der Waals surface area contributed by atoms with Gasteiger partial charge in [0, 0.05) is 6.42 Å². The normalized spacial score (nSPS) is 12.5. The third kappa shape index (κ3) is 3.56. The van der Waals surface area contributed by atoms with Gasteiger partial charge in [0.1, 0.15) is 6.29 Å². The van der Waals surface area contributed by atoms with Crippen LogP contribution in [0.4, 0.5) is 0 Å². The van der Waals surface area contributed by atoms with E-state index in [1.54, 1.807) is 0 Å². The van der Waals surface area contributed by atoms with Crippen molar-refractivity contribution in [3.05, 3.63) is 20.2 Å². The SMILES string of the molecule is O=CCCC(O)C([N+](=O)[O-])[N+](=O)[O-]. The van der Waals surface area contributed by atoms with E-state index in [1.165, 1.54) is 0 Å². The number of aliphatic hydroxyl groups excluding tert-OH is 1. The Morgan fingerprint density at radius 3 is 2.08 bits per heavy atom. The van der Waals surface area contributed by atoms with Crippen molar-refractivity contribution >= 4 is 6.29 Å². The van der Waals surface area contributed by atoms with Gasteiger partial charge < -0.3 is 9.90 Å². The van der Waals surface area contributed by atoms with Crippen LogP contribution in [0.3, 0.4) is 0 Å². The third-order valence-electron chi connectivity index (χ3n) is 1.36. The summed E-state index contributed by atoms with van der Waals surface area (Å²) in [4.78, 5) is 27.6. The van der Waals surface area contributed by atoms with Crippen molar-refractivity contribution in [1.82, 2.24) is 0 Å². The fraction of sp³-hybridized carbons (Fsp3) is 0.800. The van der Waals surface area contributed by atoms with Crippen molar-refractivity contribution < 1.29 is 19.7 Å². The number of aldehydes is 1. The summed E-state index contributed by atoms with van der Waals surface area (Å²) in [6.45, 7) is 0. The minimum atomic E-state index is -2.25. The van der Waals surface area contributed by atoms with Crippen molar-refractivity contribution in [1.29, 1.82) is 0 Å². The van der Waals surface area contributed by atoms with Crippen LogP contribution in [0.2, 0.25) is 0 Å². The number of hydrogen-bond acceptors (Lipinski definition) is 6. The van der Waals surface area contributed by atoms with Crippen molar-refractivity contribution in [3.63, 3.8) is 0 Å². The van der Waals surface area contributed by atoms with Gasteiger partial charge in [0.05, 0.1) is 9.85 Å². The molecule has 0 heterocycles. The lowest BCUT2D eigenvalue weighted by atomic mass is 10.2. The highest BCUT2D eigenvalue weighted by molar-refractivity contribution is 5.49. The number of rotatable bonds is 6. The van der Waals surface area contributed by atoms with Gasteiger partial charge in [-0.2, -0.15) is 0 Å². The highest BCUT2D eigenvalue weighted by atomic mass is 16.7. The van der Waals surface area contributed by atoms with E-state index in [2.05, 4.69) is 0 Å². The van der Waals surface area contributed by atoms with E-state index in [0.29, 0.717) is 6.29 Å². The van der Waals surface area contributed by atoms with Crippen LogP contribution in [0.5, 0.6) is 0 Å². The summed E-state index contributed by atoms with van der Waals surface area (Å²) in [6, 6.07) is 0. The van der Waals surface area contributed by atoms with Gasteiger partial charge in [-0.1, -0.05) is 0 Å².